The van der Waals surface area contributed by atoms with Crippen LogP contribution in [0.2, 0.25) is 0 Å². The van der Waals surface area contributed by atoms with Crippen LogP contribution in [0, 0.1) is 23.6 Å². The Morgan fingerprint density at radius 2 is 1.87 bits per heavy atom. The van der Waals surface area contributed by atoms with E-state index in [4.69, 9.17) is 23.7 Å². The molecule has 294 valence electrons. The van der Waals surface area contributed by atoms with E-state index >= 15 is 0 Å². The van der Waals surface area contributed by atoms with E-state index in [2.05, 4.69) is 27.9 Å². The maximum atomic E-state index is 14.3. The van der Waals surface area contributed by atoms with Gasteiger partial charge < -0.3 is 49.6 Å². The van der Waals surface area contributed by atoms with Gasteiger partial charge in [0, 0.05) is 38.2 Å². The first-order chi connectivity index (χ1) is 24.4. The molecule has 0 aliphatic carbocycles. The van der Waals surface area contributed by atoms with E-state index < -0.39 is 83.4 Å². The first kappa shape index (κ1) is 42.0. The SMILES string of the molecule is CC[C@@H]1OC(=O)C(C)C(=O)[C@H](C)[C@@H](O[C@@H]2O[C@H](CNCc3ccc(F)cn3)CC(N(C)C)C2O)[C@](C)(OC)C[C@@H](C)CN[C@H](C)[C@H]2NC(=O)O[C@]12C. The number of halogens is 1. The number of hydrogen-bond donors (Lipinski definition) is 4. The number of nitrogens with one attached hydrogen (secondary N) is 3. The van der Waals surface area contributed by atoms with Crippen molar-refractivity contribution in [2.75, 3.05) is 34.3 Å². The maximum Gasteiger partial charge on any atom is 0.408 e. The molecule has 15 heteroatoms. The van der Waals surface area contributed by atoms with Crippen LogP contribution in [-0.4, -0.2) is 127 Å². The number of methoxy groups -OCH3 is 1. The number of aliphatic hydroxyl groups excluding tert-OH is 1. The number of amides is 1. The van der Waals surface area contributed by atoms with Crippen molar-refractivity contribution < 1.29 is 47.6 Å². The highest BCUT2D eigenvalue weighted by atomic mass is 19.1. The predicted octanol–water partition coefficient (Wildman–Crippen LogP) is 2.55. The minimum atomic E-state index is -1.19. The number of pyridine rings is 1. The lowest BCUT2D eigenvalue weighted by atomic mass is 9.78. The standard InChI is InChI=1S/C37H60FN5O9/c1-11-28-37(7)31(42-35(47)52-37)23(5)40-16-20(2)15-36(6,48-10)32(21(3)29(44)22(4)33(46)50-28)51-34-30(45)27(43(8)9)14-26(49-34)19-39-18-25-13-12-24(38)17-41-25/h12-13,17,20-23,26-28,30-32,34,39-40,45H,11,14-16,18-19H2,1-10H3,(H,42,47)/t20-,21+,22?,23-,26+,27?,28+,30?,31-,32-,34+,36-,37-/m1/s1. The van der Waals surface area contributed by atoms with E-state index in [1.165, 1.54) is 19.2 Å². The Balaban J connectivity index is 1.63. The Hall–Kier alpha value is -2.79. The molecule has 0 saturated carbocycles. The van der Waals surface area contributed by atoms with Gasteiger partial charge in [0.05, 0.1) is 35.7 Å². The van der Waals surface area contributed by atoms with E-state index in [9.17, 15) is 23.9 Å². The third kappa shape index (κ3) is 9.46. The second-order valence-electron chi connectivity index (χ2n) is 15.5. The van der Waals surface area contributed by atoms with Gasteiger partial charge in [0.2, 0.25) is 0 Å². The number of esters is 1. The van der Waals surface area contributed by atoms with Gasteiger partial charge in [-0.05, 0) is 85.6 Å². The molecule has 3 fully saturated rings. The second-order valence-corrected chi connectivity index (χ2v) is 15.5. The van der Waals surface area contributed by atoms with Crippen LogP contribution in [-0.2, 0) is 39.8 Å². The molecule has 0 spiro atoms. The van der Waals surface area contributed by atoms with Crippen LogP contribution >= 0.6 is 0 Å². The van der Waals surface area contributed by atoms with E-state index in [0.29, 0.717) is 44.6 Å². The maximum absolute atomic E-state index is 14.3. The summed E-state index contributed by atoms with van der Waals surface area (Å²) in [7, 11) is 5.30. The summed E-state index contributed by atoms with van der Waals surface area (Å²) >= 11 is 0. The molecule has 4 heterocycles. The van der Waals surface area contributed by atoms with Crippen LogP contribution in [0.15, 0.2) is 18.3 Å². The average Bonchev–Trinajstić information content (AvgIpc) is 3.42. The second kappa shape index (κ2) is 17.6. The first-order valence-corrected chi connectivity index (χ1v) is 18.4. The van der Waals surface area contributed by atoms with Crippen LogP contribution in [0.4, 0.5) is 9.18 Å². The molecule has 3 aliphatic rings. The topological polar surface area (TPSA) is 170 Å². The summed E-state index contributed by atoms with van der Waals surface area (Å²) in [5.41, 5.74) is -1.60. The Morgan fingerprint density at radius 3 is 2.48 bits per heavy atom. The predicted molar refractivity (Wildman–Crippen MR) is 190 cm³/mol. The minimum Gasteiger partial charge on any atom is -0.458 e. The number of nitrogens with zero attached hydrogens (tertiary/aromatic N) is 2. The van der Waals surface area contributed by atoms with Gasteiger partial charge in [-0.15, -0.1) is 0 Å². The van der Waals surface area contributed by atoms with Gasteiger partial charge in [-0.2, -0.15) is 0 Å². The van der Waals surface area contributed by atoms with Gasteiger partial charge in [0.25, 0.3) is 0 Å². The highest BCUT2D eigenvalue weighted by Gasteiger charge is 2.55. The summed E-state index contributed by atoms with van der Waals surface area (Å²) < 4.78 is 44.4. The molecule has 1 aromatic heterocycles. The largest absolute Gasteiger partial charge is 0.458 e. The van der Waals surface area contributed by atoms with Crippen molar-refractivity contribution in [1.82, 2.24) is 25.8 Å². The number of aliphatic hydroxyl groups is 1. The van der Waals surface area contributed by atoms with Crippen molar-refractivity contribution in [2.45, 2.75) is 134 Å². The fraction of sp³-hybridized carbons (Fsp3) is 0.784. The number of carbonyl (C=O) groups excluding carboxylic acids is 3. The zero-order chi connectivity index (χ0) is 38.5. The van der Waals surface area contributed by atoms with Crippen LogP contribution in [0.5, 0.6) is 0 Å². The molecule has 0 radical (unpaired) electrons. The van der Waals surface area contributed by atoms with Crippen LogP contribution in [0.3, 0.4) is 0 Å². The van der Waals surface area contributed by atoms with Crippen LogP contribution in [0.1, 0.15) is 73.4 Å². The van der Waals surface area contributed by atoms with Gasteiger partial charge in [-0.1, -0.05) is 20.8 Å². The molecule has 3 aliphatic heterocycles. The Morgan fingerprint density at radius 1 is 1.15 bits per heavy atom. The van der Waals surface area contributed by atoms with Crippen molar-refractivity contribution in [3.05, 3.63) is 29.8 Å². The zero-order valence-electron chi connectivity index (χ0n) is 32.3. The number of hydrogen-bond acceptors (Lipinski definition) is 13. The number of fused-ring (bicyclic) bond motifs is 1. The van der Waals surface area contributed by atoms with Crippen LogP contribution in [0.25, 0.3) is 0 Å². The van der Waals surface area contributed by atoms with Gasteiger partial charge in [0.1, 0.15) is 23.9 Å². The third-order valence-corrected chi connectivity index (χ3v) is 11.2. The Bertz CT molecular complexity index is 1370. The summed E-state index contributed by atoms with van der Waals surface area (Å²) in [5, 5.41) is 21.4. The van der Waals surface area contributed by atoms with E-state index in [1.54, 1.807) is 27.0 Å². The number of rotatable bonds is 9. The van der Waals surface area contributed by atoms with Crippen molar-refractivity contribution in [3.63, 3.8) is 0 Å². The van der Waals surface area contributed by atoms with Gasteiger partial charge >= 0.3 is 12.1 Å². The normalized spacial score (nSPS) is 39.6. The number of carbonyl (C=O) groups is 3. The van der Waals surface area contributed by atoms with Crippen LogP contribution < -0.4 is 16.0 Å². The fourth-order valence-corrected chi connectivity index (χ4v) is 8.03. The lowest BCUT2D eigenvalue weighted by Gasteiger charge is -2.47. The van der Waals surface area contributed by atoms with Gasteiger partial charge in [-0.3, -0.25) is 14.6 Å². The number of ketones is 1. The number of cyclic esters (lactones) is 1. The quantitative estimate of drug-likeness (QED) is 0.216. The highest BCUT2D eigenvalue weighted by molar-refractivity contribution is 6.00. The minimum absolute atomic E-state index is 0.0174. The summed E-state index contributed by atoms with van der Waals surface area (Å²) in [5.74, 6) is -3.69. The smallest absolute Gasteiger partial charge is 0.408 e. The lowest BCUT2D eigenvalue weighted by molar-refractivity contribution is -0.297. The summed E-state index contributed by atoms with van der Waals surface area (Å²) in [6.45, 7) is 13.9. The molecular formula is C37H60FN5O9. The molecule has 0 bridgehead atoms. The molecule has 13 atom stereocenters. The molecule has 4 rings (SSSR count). The number of alkyl carbamates (subject to hydrolysis) is 1. The molecule has 1 amide bonds. The molecule has 52 heavy (non-hydrogen) atoms. The molecular weight excluding hydrogens is 677 g/mol. The summed E-state index contributed by atoms with van der Waals surface area (Å²) in [4.78, 5) is 46.5. The van der Waals surface area contributed by atoms with Crippen molar-refractivity contribution >= 4 is 17.8 Å². The van der Waals surface area contributed by atoms with E-state index in [0.717, 1.165) is 0 Å². The highest BCUT2D eigenvalue weighted by Crippen LogP contribution is 2.37. The molecule has 14 nitrogen and oxygen atoms in total. The lowest BCUT2D eigenvalue weighted by Crippen LogP contribution is -2.60. The van der Waals surface area contributed by atoms with Gasteiger partial charge in [0.15, 0.2) is 17.7 Å². The van der Waals surface area contributed by atoms with Crippen molar-refractivity contribution in [1.29, 1.82) is 0 Å². The monoisotopic (exact) mass is 737 g/mol. The molecule has 3 saturated heterocycles. The summed E-state index contributed by atoms with van der Waals surface area (Å²) in [6, 6.07) is 1.83. The molecule has 0 aromatic carbocycles. The fourth-order valence-electron chi connectivity index (χ4n) is 8.03. The summed E-state index contributed by atoms with van der Waals surface area (Å²) in [6.07, 6.45) is -2.55. The number of likely N-dealkylation sites (N-methyl/N-ethyl adjacent to an activating group) is 1. The first-order valence-electron chi connectivity index (χ1n) is 18.4. The molecule has 4 N–H and O–H groups in total. The third-order valence-electron chi connectivity index (χ3n) is 11.2. The molecule has 1 aromatic rings. The van der Waals surface area contributed by atoms with Crippen molar-refractivity contribution in [2.24, 2.45) is 17.8 Å². The van der Waals surface area contributed by atoms with E-state index in [-0.39, 0.29) is 18.0 Å². The van der Waals surface area contributed by atoms with Gasteiger partial charge in [-0.25, -0.2) is 9.18 Å². The number of ether oxygens (including phenoxy) is 5. The Labute approximate surface area is 307 Å². The van der Waals surface area contributed by atoms with E-state index in [1.807, 2.05) is 39.8 Å². The number of aromatic nitrogens is 1. The molecule has 3 unspecified atom stereocenters. The zero-order valence-corrected chi connectivity index (χ0v) is 32.3. The average molecular weight is 738 g/mol. The Kier molecular flexibility index (Phi) is 14.2. The number of Topliss-reactive ketones (excluding diaryl/α,β-unsaturated/α-hetero) is 1. The van der Waals surface area contributed by atoms with Crippen molar-refractivity contribution in [3.8, 4) is 0 Å².